The molecule has 1 saturated carbocycles. The summed E-state index contributed by atoms with van der Waals surface area (Å²) in [5, 5.41) is 2.76. The van der Waals surface area contributed by atoms with Crippen LogP contribution in [0.15, 0.2) is 0 Å². The minimum Gasteiger partial charge on any atom is -0.354 e. The average Bonchev–Trinajstić information content (AvgIpc) is 2.90. The zero-order valence-electron chi connectivity index (χ0n) is 11.1. The third-order valence-corrected chi connectivity index (χ3v) is 3.98. The number of imide groups is 1. The van der Waals surface area contributed by atoms with Crippen molar-refractivity contribution < 1.29 is 14.4 Å². The summed E-state index contributed by atoms with van der Waals surface area (Å²) in [6.07, 6.45) is 4.14. The molecule has 1 aliphatic heterocycles. The molecule has 0 aromatic heterocycles. The SMILES string of the molecule is N[C@@H]1CCC[C@H]1CC(=O)NCCN1C(=O)CCC1=O. The number of amides is 3. The van der Waals surface area contributed by atoms with Gasteiger partial charge in [-0.25, -0.2) is 0 Å². The number of hydrogen-bond acceptors (Lipinski definition) is 4. The molecule has 0 bridgehead atoms. The summed E-state index contributed by atoms with van der Waals surface area (Å²) in [7, 11) is 0. The normalized spacial score (nSPS) is 27.1. The quantitative estimate of drug-likeness (QED) is 0.673. The lowest BCUT2D eigenvalue weighted by Gasteiger charge is -2.16. The van der Waals surface area contributed by atoms with Crippen LogP contribution >= 0.6 is 0 Å². The van der Waals surface area contributed by atoms with Gasteiger partial charge in [-0.15, -0.1) is 0 Å². The Morgan fingerprint density at radius 1 is 1.26 bits per heavy atom. The molecule has 19 heavy (non-hydrogen) atoms. The predicted molar refractivity (Wildman–Crippen MR) is 68.9 cm³/mol. The van der Waals surface area contributed by atoms with Crippen molar-refractivity contribution in [3.05, 3.63) is 0 Å². The number of nitrogens with zero attached hydrogens (tertiary/aromatic N) is 1. The molecular weight excluding hydrogens is 246 g/mol. The number of likely N-dealkylation sites (tertiary alicyclic amines) is 1. The van der Waals surface area contributed by atoms with Crippen LogP contribution in [0.4, 0.5) is 0 Å². The maximum Gasteiger partial charge on any atom is 0.229 e. The minimum absolute atomic E-state index is 0.0403. The van der Waals surface area contributed by atoms with E-state index in [2.05, 4.69) is 5.32 Å². The van der Waals surface area contributed by atoms with Gasteiger partial charge in [-0.1, -0.05) is 6.42 Å². The Bertz CT molecular complexity index is 367. The number of hydrogen-bond donors (Lipinski definition) is 2. The minimum atomic E-state index is -0.142. The van der Waals surface area contributed by atoms with E-state index in [1.54, 1.807) is 0 Å². The Balaban J connectivity index is 1.66. The largest absolute Gasteiger partial charge is 0.354 e. The van der Waals surface area contributed by atoms with Gasteiger partial charge in [0.1, 0.15) is 0 Å². The third-order valence-electron chi connectivity index (χ3n) is 3.98. The molecule has 1 heterocycles. The first-order chi connectivity index (χ1) is 9.08. The number of nitrogens with two attached hydrogens (primary N) is 1. The zero-order valence-corrected chi connectivity index (χ0v) is 11.1. The van der Waals surface area contributed by atoms with E-state index in [1.165, 1.54) is 4.90 Å². The van der Waals surface area contributed by atoms with Crippen LogP contribution in [0.5, 0.6) is 0 Å². The second-order valence-electron chi connectivity index (χ2n) is 5.35. The smallest absolute Gasteiger partial charge is 0.229 e. The monoisotopic (exact) mass is 267 g/mol. The van der Waals surface area contributed by atoms with E-state index in [1.807, 2.05) is 0 Å². The standard InChI is InChI=1S/C13H21N3O3/c14-10-3-1-2-9(10)8-11(17)15-6-7-16-12(18)4-5-13(16)19/h9-10H,1-8,14H2,(H,15,17)/t9-,10+/m0/s1. The van der Waals surface area contributed by atoms with E-state index >= 15 is 0 Å². The van der Waals surface area contributed by atoms with E-state index in [0.29, 0.717) is 25.8 Å². The van der Waals surface area contributed by atoms with Crippen molar-refractivity contribution in [2.45, 2.75) is 44.6 Å². The van der Waals surface area contributed by atoms with Crippen molar-refractivity contribution >= 4 is 17.7 Å². The highest BCUT2D eigenvalue weighted by molar-refractivity contribution is 6.01. The molecule has 1 aliphatic carbocycles. The first-order valence-electron chi connectivity index (χ1n) is 6.93. The van der Waals surface area contributed by atoms with Gasteiger partial charge in [0.05, 0.1) is 0 Å². The fourth-order valence-electron chi connectivity index (χ4n) is 2.81. The molecule has 3 amide bonds. The maximum absolute atomic E-state index is 11.7. The van der Waals surface area contributed by atoms with Crippen LogP contribution in [0.3, 0.4) is 0 Å². The molecule has 0 aromatic rings. The molecule has 6 nitrogen and oxygen atoms in total. The van der Waals surface area contributed by atoms with Crippen LogP contribution in [0.1, 0.15) is 38.5 Å². The Morgan fingerprint density at radius 2 is 1.95 bits per heavy atom. The van der Waals surface area contributed by atoms with Crippen LogP contribution in [0, 0.1) is 5.92 Å². The van der Waals surface area contributed by atoms with Gasteiger partial charge in [-0.3, -0.25) is 19.3 Å². The summed E-state index contributed by atoms with van der Waals surface area (Å²) in [6.45, 7) is 0.610. The molecule has 0 radical (unpaired) electrons. The van der Waals surface area contributed by atoms with Gasteiger partial charge in [0.15, 0.2) is 0 Å². The van der Waals surface area contributed by atoms with Crippen molar-refractivity contribution in [2.75, 3.05) is 13.1 Å². The van der Waals surface area contributed by atoms with Crippen molar-refractivity contribution in [3.8, 4) is 0 Å². The van der Waals surface area contributed by atoms with Crippen molar-refractivity contribution in [2.24, 2.45) is 11.7 Å². The summed E-state index contributed by atoms with van der Waals surface area (Å²) in [4.78, 5) is 35.7. The number of rotatable bonds is 5. The molecule has 2 fully saturated rings. The highest BCUT2D eigenvalue weighted by atomic mass is 16.2. The van der Waals surface area contributed by atoms with Crippen LogP contribution in [0.25, 0.3) is 0 Å². The lowest BCUT2D eigenvalue weighted by molar-refractivity contribution is -0.138. The molecule has 3 N–H and O–H groups in total. The first-order valence-corrected chi connectivity index (χ1v) is 6.93. The average molecular weight is 267 g/mol. The summed E-state index contributed by atoms with van der Waals surface area (Å²) < 4.78 is 0. The van der Waals surface area contributed by atoms with E-state index in [4.69, 9.17) is 5.73 Å². The molecule has 0 spiro atoms. The molecule has 0 unspecified atom stereocenters. The molecule has 6 heteroatoms. The highest BCUT2D eigenvalue weighted by Crippen LogP contribution is 2.26. The van der Waals surface area contributed by atoms with Gasteiger partial charge in [0.25, 0.3) is 0 Å². The predicted octanol–water partition coefficient (Wildman–Crippen LogP) is -0.231. The fraction of sp³-hybridized carbons (Fsp3) is 0.769. The van der Waals surface area contributed by atoms with Crippen LogP contribution in [-0.4, -0.2) is 41.8 Å². The van der Waals surface area contributed by atoms with Crippen LogP contribution in [-0.2, 0) is 14.4 Å². The summed E-state index contributed by atoms with van der Waals surface area (Å²) >= 11 is 0. The molecular formula is C13H21N3O3. The second kappa shape index (κ2) is 6.14. The lowest BCUT2D eigenvalue weighted by atomic mass is 10.00. The Kier molecular flexibility index (Phi) is 4.52. The van der Waals surface area contributed by atoms with Gasteiger partial charge in [-0.2, -0.15) is 0 Å². The van der Waals surface area contributed by atoms with E-state index < -0.39 is 0 Å². The van der Waals surface area contributed by atoms with Crippen molar-refractivity contribution in [1.82, 2.24) is 10.2 Å². The molecule has 106 valence electrons. The van der Waals surface area contributed by atoms with Gasteiger partial charge in [0, 0.05) is 38.4 Å². The Hall–Kier alpha value is -1.43. The van der Waals surface area contributed by atoms with Crippen LogP contribution in [0.2, 0.25) is 0 Å². The second-order valence-corrected chi connectivity index (χ2v) is 5.35. The number of nitrogens with one attached hydrogen (secondary N) is 1. The van der Waals surface area contributed by atoms with Gasteiger partial charge >= 0.3 is 0 Å². The Labute approximate surface area is 112 Å². The maximum atomic E-state index is 11.7. The van der Waals surface area contributed by atoms with Gasteiger partial charge in [0.2, 0.25) is 17.7 Å². The lowest BCUT2D eigenvalue weighted by Crippen LogP contribution is -2.39. The molecule has 2 atom stereocenters. The third kappa shape index (κ3) is 3.53. The van der Waals surface area contributed by atoms with Crippen molar-refractivity contribution in [1.29, 1.82) is 0 Å². The fourth-order valence-corrected chi connectivity index (χ4v) is 2.81. The van der Waals surface area contributed by atoms with E-state index in [-0.39, 0.29) is 36.2 Å². The Morgan fingerprint density at radius 3 is 2.53 bits per heavy atom. The first kappa shape index (κ1) is 14.0. The number of carbonyl (C=O) groups excluding carboxylic acids is 3. The topological polar surface area (TPSA) is 92.5 Å². The molecule has 2 rings (SSSR count). The molecule has 2 aliphatic rings. The van der Waals surface area contributed by atoms with Crippen molar-refractivity contribution in [3.63, 3.8) is 0 Å². The summed E-state index contributed by atoms with van der Waals surface area (Å²) in [5.41, 5.74) is 5.91. The van der Waals surface area contributed by atoms with Gasteiger partial charge in [-0.05, 0) is 18.8 Å². The number of carbonyl (C=O) groups is 3. The zero-order chi connectivity index (χ0) is 13.8. The molecule has 0 aromatic carbocycles. The van der Waals surface area contributed by atoms with Gasteiger partial charge < -0.3 is 11.1 Å². The van der Waals surface area contributed by atoms with E-state index in [0.717, 1.165) is 19.3 Å². The molecule has 1 saturated heterocycles. The van der Waals surface area contributed by atoms with Crippen LogP contribution < -0.4 is 11.1 Å². The summed E-state index contributed by atoms with van der Waals surface area (Å²) in [5.74, 6) is -0.0503. The highest BCUT2D eigenvalue weighted by Gasteiger charge is 2.29. The van der Waals surface area contributed by atoms with E-state index in [9.17, 15) is 14.4 Å². The summed E-state index contributed by atoms with van der Waals surface area (Å²) in [6, 6.07) is 0.132.